The molecule has 0 unspecified atom stereocenters. The number of aliphatic imine (C=N–C) groups is 1. The minimum absolute atomic E-state index is 0.260. The van der Waals surface area contributed by atoms with Crippen LogP contribution >= 0.6 is 11.6 Å². The van der Waals surface area contributed by atoms with Gasteiger partial charge in [0.2, 0.25) is 0 Å². The van der Waals surface area contributed by atoms with Gasteiger partial charge in [-0.05, 0) is 42.5 Å². The van der Waals surface area contributed by atoms with Gasteiger partial charge in [0.05, 0.1) is 21.3 Å². The van der Waals surface area contributed by atoms with Crippen molar-refractivity contribution in [2.45, 2.75) is 0 Å². The number of carbonyl (C=O) groups is 1. The van der Waals surface area contributed by atoms with E-state index in [1.165, 1.54) is 0 Å². The molecule has 134 valence electrons. The van der Waals surface area contributed by atoms with Crippen molar-refractivity contribution in [3.05, 3.63) is 58.2 Å². The van der Waals surface area contributed by atoms with E-state index in [2.05, 4.69) is 10.3 Å². The maximum Gasteiger partial charge on any atom is 0.275 e. The Labute approximate surface area is 156 Å². The third-order valence-electron chi connectivity index (χ3n) is 3.84. The summed E-state index contributed by atoms with van der Waals surface area (Å²) in [7, 11) is 4.66. The van der Waals surface area contributed by atoms with Crippen molar-refractivity contribution in [3.63, 3.8) is 0 Å². The monoisotopic (exact) mass is 372 g/mol. The first-order valence-electron chi connectivity index (χ1n) is 7.73. The zero-order valence-electron chi connectivity index (χ0n) is 14.5. The molecular formula is C19H17ClN2O4. The van der Waals surface area contributed by atoms with E-state index >= 15 is 0 Å². The zero-order valence-corrected chi connectivity index (χ0v) is 15.3. The first-order chi connectivity index (χ1) is 12.5. The Morgan fingerprint density at radius 2 is 1.65 bits per heavy atom. The Morgan fingerprint density at radius 3 is 2.35 bits per heavy atom. The predicted molar refractivity (Wildman–Crippen MR) is 100 cm³/mol. The van der Waals surface area contributed by atoms with E-state index in [1.54, 1.807) is 63.8 Å². The third-order valence-corrected chi connectivity index (χ3v) is 4.07. The molecule has 0 saturated carbocycles. The lowest BCUT2D eigenvalue weighted by molar-refractivity contribution is -0.115. The summed E-state index contributed by atoms with van der Waals surface area (Å²) in [4.78, 5) is 16.7. The Bertz CT molecular complexity index is 922. The average molecular weight is 373 g/mol. The van der Waals surface area contributed by atoms with Crippen LogP contribution in [-0.4, -0.2) is 33.1 Å². The highest BCUT2D eigenvalue weighted by atomic mass is 35.5. The average Bonchev–Trinajstić information content (AvgIpc) is 3.02. The van der Waals surface area contributed by atoms with Crippen LogP contribution in [0.5, 0.6) is 17.2 Å². The predicted octanol–water partition coefficient (Wildman–Crippen LogP) is 3.28. The van der Waals surface area contributed by atoms with Crippen molar-refractivity contribution in [1.29, 1.82) is 0 Å². The summed E-state index contributed by atoms with van der Waals surface area (Å²) in [6, 6.07) is 10.5. The zero-order chi connectivity index (χ0) is 18.7. The maximum atomic E-state index is 12.3. The molecule has 1 heterocycles. The molecule has 0 spiro atoms. The van der Waals surface area contributed by atoms with Gasteiger partial charge < -0.3 is 19.5 Å². The second kappa shape index (κ2) is 7.49. The highest BCUT2D eigenvalue weighted by Gasteiger charge is 2.22. The summed E-state index contributed by atoms with van der Waals surface area (Å²) in [6.07, 6.45) is 1.63. The van der Waals surface area contributed by atoms with E-state index < -0.39 is 0 Å². The minimum Gasteiger partial charge on any atom is -0.496 e. The molecule has 6 nitrogen and oxygen atoms in total. The molecule has 0 fully saturated rings. The second-order valence-electron chi connectivity index (χ2n) is 5.40. The minimum atomic E-state index is -0.309. The van der Waals surface area contributed by atoms with Gasteiger partial charge in [-0.2, -0.15) is 0 Å². The fraction of sp³-hybridized carbons (Fsp3) is 0.158. The van der Waals surface area contributed by atoms with Gasteiger partial charge >= 0.3 is 0 Å². The first kappa shape index (κ1) is 17.8. The molecule has 0 bridgehead atoms. The van der Waals surface area contributed by atoms with Gasteiger partial charge in [0, 0.05) is 16.1 Å². The Hall–Kier alpha value is -2.99. The summed E-state index contributed by atoms with van der Waals surface area (Å²) >= 11 is 6.04. The maximum absolute atomic E-state index is 12.3. The normalized spacial score (nSPS) is 14.8. The molecule has 3 rings (SSSR count). The van der Waals surface area contributed by atoms with Crippen LogP contribution in [0.2, 0.25) is 5.02 Å². The molecule has 0 radical (unpaired) electrons. The van der Waals surface area contributed by atoms with Gasteiger partial charge in [0.25, 0.3) is 5.91 Å². The molecule has 2 aromatic carbocycles. The van der Waals surface area contributed by atoms with Crippen LogP contribution in [0.15, 0.2) is 47.1 Å². The molecule has 0 aliphatic carbocycles. The van der Waals surface area contributed by atoms with E-state index in [0.717, 1.165) is 0 Å². The molecule has 1 aliphatic heterocycles. The largest absolute Gasteiger partial charge is 0.496 e. The fourth-order valence-corrected chi connectivity index (χ4v) is 2.73. The summed E-state index contributed by atoms with van der Waals surface area (Å²) in [5, 5.41) is 3.30. The number of nitrogens with zero attached hydrogens (tertiary/aromatic N) is 1. The van der Waals surface area contributed by atoms with Crippen molar-refractivity contribution >= 4 is 29.4 Å². The van der Waals surface area contributed by atoms with Gasteiger partial charge in [-0.25, -0.2) is 4.99 Å². The lowest BCUT2D eigenvalue weighted by Gasteiger charge is -2.09. The molecule has 7 heteroatoms. The number of amides is 1. The molecular weight excluding hydrogens is 356 g/mol. The number of hydrogen-bond acceptors (Lipinski definition) is 5. The SMILES string of the molecule is COc1ccc(Cl)cc1/C=C1/N=C(c2ccc(OC)c(OC)c2)NC1=O. The number of amidine groups is 1. The summed E-state index contributed by atoms with van der Waals surface area (Å²) in [5.74, 6) is 1.88. The highest BCUT2D eigenvalue weighted by Crippen LogP contribution is 2.29. The van der Waals surface area contributed by atoms with E-state index in [4.69, 9.17) is 25.8 Å². The van der Waals surface area contributed by atoms with Crippen LogP contribution in [0.1, 0.15) is 11.1 Å². The number of ether oxygens (including phenoxy) is 3. The quantitative estimate of drug-likeness (QED) is 0.818. The van der Waals surface area contributed by atoms with Crippen molar-refractivity contribution in [1.82, 2.24) is 5.32 Å². The van der Waals surface area contributed by atoms with Crippen LogP contribution in [0.3, 0.4) is 0 Å². The third kappa shape index (κ3) is 3.50. The fourth-order valence-electron chi connectivity index (χ4n) is 2.55. The van der Waals surface area contributed by atoms with E-state index in [-0.39, 0.29) is 11.6 Å². The number of hydrogen-bond donors (Lipinski definition) is 1. The van der Waals surface area contributed by atoms with Gasteiger partial charge in [-0.3, -0.25) is 4.79 Å². The standard InChI is InChI=1S/C19H17ClN2O4/c1-24-15-7-5-13(20)8-12(15)9-14-19(23)22-18(21-14)11-4-6-16(25-2)17(10-11)26-3/h4-10H,1-3H3,(H,21,22,23)/b14-9+. The Morgan fingerprint density at radius 1 is 0.962 bits per heavy atom. The van der Waals surface area contributed by atoms with Crippen molar-refractivity contribution in [2.75, 3.05) is 21.3 Å². The summed E-state index contributed by atoms with van der Waals surface area (Å²) in [6.45, 7) is 0. The number of halogens is 1. The lowest BCUT2D eigenvalue weighted by atomic mass is 10.1. The molecule has 0 atom stereocenters. The topological polar surface area (TPSA) is 69.2 Å². The number of carbonyl (C=O) groups excluding carboxylic acids is 1. The Kier molecular flexibility index (Phi) is 5.14. The van der Waals surface area contributed by atoms with Crippen LogP contribution in [-0.2, 0) is 4.79 Å². The molecule has 1 aliphatic rings. The molecule has 2 aromatic rings. The Balaban J connectivity index is 1.98. The van der Waals surface area contributed by atoms with Crippen molar-refractivity contribution in [3.8, 4) is 17.2 Å². The van der Waals surface area contributed by atoms with Gasteiger partial charge in [0.15, 0.2) is 11.5 Å². The van der Waals surface area contributed by atoms with Gasteiger partial charge in [-0.15, -0.1) is 0 Å². The number of benzene rings is 2. The van der Waals surface area contributed by atoms with Crippen LogP contribution in [0.4, 0.5) is 0 Å². The first-order valence-corrected chi connectivity index (χ1v) is 8.11. The lowest BCUT2D eigenvalue weighted by Crippen LogP contribution is -2.24. The summed E-state index contributed by atoms with van der Waals surface area (Å²) in [5.41, 5.74) is 1.63. The second-order valence-corrected chi connectivity index (χ2v) is 5.84. The van der Waals surface area contributed by atoms with Crippen molar-refractivity contribution < 1.29 is 19.0 Å². The smallest absolute Gasteiger partial charge is 0.275 e. The van der Waals surface area contributed by atoms with E-state index in [1.807, 2.05) is 0 Å². The highest BCUT2D eigenvalue weighted by molar-refractivity contribution is 6.30. The number of rotatable bonds is 5. The number of nitrogens with one attached hydrogen (secondary N) is 1. The van der Waals surface area contributed by atoms with E-state index in [0.29, 0.717) is 39.2 Å². The van der Waals surface area contributed by atoms with Crippen LogP contribution < -0.4 is 19.5 Å². The van der Waals surface area contributed by atoms with E-state index in [9.17, 15) is 4.79 Å². The molecule has 0 aromatic heterocycles. The molecule has 1 N–H and O–H groups in total. The van der Waals surface area contributed by atoms with Crippen LogP contribution in [0, 0.1) is 0 Å². The molecule has 26 heavy (non-hydrogen) atoms. The molecule has 0 saturated heterocycles. The number of methoxy groups -OCH3 is 3. The van der Waals surface area contributed by atoms with Gasteiger partial charge in [-0.1, -0.05) is 11.6 Å². The van der Waals surface area contributed by atoms with Crippen molar-refractivity contribution in [2.24, 2.45) is 4.99 Å². The van der Waals surface area contributed by atoms with Crippen LogP contribution in [0.25, 0.3) is 6.08 Å². The van der Waals surface area contributed by atoms with Gasteiger partial charge in [0.1, 0.15) is 17.3 Å². The summed E-state index contributed by atoms with van der Waals surface area (Å²) < 4.78 is 15.8. The molecule has 1 amide bonds.